The second-order valence-electron chi connectivity index (χ2n) is 8.12. The zero-order valence-corrected chi connectivity index (χ0v) is 20.7. The Morgan fingerprint density at radius 3 is 1.82 bits per heavy atom. The highest BCUT2D eigenvalue weighted by atomic mass is 35.5. The lowest BCUT2D eigenvalue weighted by Crippen LogP contribution is -2.62. The number of esters is 3. The van der Waals surface area contributed by atoms with Gasteiger partial charge in [-0.15, -0.1) is 0 Å². The standard InChI is InChI=1S/C24H25ClO8S/c1-14-5-7-15(8-6-14)18-13-34(29,30)20(21(26)31-2)19(16-9-11-17(25)12-10-16)24(18,22(27)32-3)23(28)33-4/h5-12,18-20H,13H2,1-4H3/t18-,19-,20+/m0/s1. The number of benzene rings is 2. The molecular formula is C24H25ClO8S. The fraction of sp³-hybridized carbons (Fsp3) is 0.375. The van der Waals surface area contributed by atoms with Crippen LogP contribution in [0.4, 0.5) is 0 Å². The number of rotatable bonds is 5. The summed E-state index contributed by atoms with van der Waals surface area (Å²) < 4.78 is 42.1. The van der Waals surface area contributed by atoms with Crippen molar-refractivity contribution in [2.45, 2.75) is 24.0 Å². The lowest BCUT2D eigenvalue weighted by atomic mass is 9.61. The zero-order valence-electron chi connectivity index (χ0n) is 19.1. The molecule has 0 spiro atoms. The van der Waals surface area contributed by atoms with Gasteiger partial charge in [0, 0.05) is 16.9 Å². The Morgan fingerprint density at radius 2 is 1.35 bits per heavy atom. The summed E-state index contributed by atoms with van der Waals surface area (Å²) in [7, 11) is -1.00. The van der Waals surface area contributed by atoms with Crippen LogP contribution in [0.15, 0.2) is 48.5 Å². The van der Waals surface area contributed by atoms with Gasteiger partial charge in [-0.05, 0) is 30.2 Å². The Hall–Kier alpha value is -2.91. The lowest BCUT2D eigenvalue weighted by molar-refractivity contribution is -0.174. The maximum absolute atomic E-state index is 13.6. The minimum Gasteiger partial charge on any atom is -0.468 e. The first kappa shape index (κ1) is 25.7. The Morgan fingerprint density at radius 1 is 0.853 bits per heavy atom. The molecule has 3 rings (SSSR count). The van der Waals surface area contributed by atoms with Crippen LogP contribution in [-0.4, -0.2) is 58.7 Å². The number of ether oxygens (including phenoxy) is 3. The minimum atomic E-state index is -4.23. The molecule has 10 heteroatoms. The molecule has 0 N–H and O–H groups in total. The molecule has 0 radical (unpaired) electrons. The van der Waals surface area contributed by atoms with Crippen molar-refractivity contribution in [2.75, 3.05) is 27.1 Å². The normalized spacial score (nSPS) is 22.9. The lowest BCUT2D eigenvalue weighted by Gasteiger charge is -2.47. The molecule has 1 heterocycles. The molecule has 182 valence electrons. The van der Waals surface area contributed by atoms with E-state index in [1.807, 2.05) is 6.92 Å². The largest absolute Gasteiger partial charge is 0.468 e. The third-order valence-corrected chi connectivity index (χ3v) is 8.61. The first-order chi connectivity index (χ1) is 16.0. The van der Waals surface area contributed by atoms with Crippen molar-refractivity contribution in [1.82, 2.24) is 0 Å². The van der Waals surface area contributed by atoms with Gasteiger partial charge in [-0.1, -0.05) is 53.6 Å². The monoisotopic (exact) mass is 508 g/mol. The van der Waals surface area contributed by atoms with Crippen LogP contribution in [-0.2, 0) is 38.4 Å². The molecule has 3 atom stereocenters. The Labute approximate surface area is 203 Å². The van der Waals surface area contributed by atoms with Gasteiger partial charge < -0.3 is 14.2 Å². The van der Waals surface area contributed by atoms with Crippen molar-refractivity contribution in [1.29, 1.82) is 0 Å². The van der Waals surface area contributed by atoms with Crippen LogP contribution in [0.1, 0.15) is 28.5 Å². The number of carbonyl (C=O) groups is 3. The average molecular weight is 509 g/mol. The van der Waals surface area contributed by atoms with Gasteiger partial charge >= 0.3 is 17.9 Å². The number of methoxy groups -OCH3 is 3. The average Bonchev–Trinajstić information content (AvgIpc) is 2.82. The molecule has 1 aliphatic heterocycles. The van der Waals surface area contributed by atoms with Gasteiger partial charge in [0.05, 0.1) is 27.1 Å². The third-order valence-electron chi connectivity index (χ3n) is 6.32. The van der Waals surface area contributed by atoms with E-state index in [9.17, 15) is 22.8 Å². The second-order valence-corrected chi connectivity index (χ2v) is 10.7. The van der Waals surface area contributed by atoms with Gasteiger partial charge in [-0.25, -0.2) is 8.42 Å². The van der Waals surface area contributed by atoms with Crippen molar-refractivity contribution in [2.24, 2.45) is 5.41 Å². The fourth-order valence-electron chi connectivity index (χ4n) is 4.75. The molecule has 0 unspecified atom stereocenters. The van der Waals surface area contributed by atoms with Crippen molar-refractivity contribution >= 4 is 39.3 Å². The molecule has 0 amide bonds. The van der Waals surface area contributed by atoms with Crippen LogP contribution in [0.3, 0.4) is 0 Å². The minimum absolute atomic E-state index is 0.219. The third kappa shape index (κ3) is 4.18. The summed E-state index contributed by atoms with van der Waals surface area (Å²) in [6.45, 7) is 1.85. The predicted molar refractivity (Wildman–Crippen MR) is 124 cm³/mol. The number of hydrogen-bond donors (Lipinski definition) is 0. The first-order valence-corrected chi connectivity index (χ1v) is 12.4. The summed E-state index contributed by atoms with van der Waals surface area (Å²) >= 11 is 6.03. The highest BCUT2D eigenvalue weighted by molar-refractivity contribution is 7.92. The molecular weight excluding hydrogens is 484 g/mol. The molecule has 1 saturated heterocycles. The van der Waals surface area contributed by atoms with E-state index in [0.29, 0.717) is 10.6 Å². The van der Waals surface area contributed by atoms with Crippen molar-refractivity contribution < 1.29 is 37.0 Å². The van der Waals surface area contributed by atoms with E-state index in [4.69, 9.17) is 25.8 Å². The van der Waals surface area contributed by atoms with E-state index in [1.165, 1.54) is 24.3 Å². The SMILES string of the molecule is COC(=O)[C@H]1[C@H](c2ccc(Cl)cc2)C(C(=O)OC)(C(=O)OC)[C@H](c2ccc(C)cc2)CS1(=O)=O. The number of aryl methyl sites for hydroxylation is 1. The summed E-state index contributed by atoms with van der Waals surface area (Å²) in [4.78, 5) is 40.0. The van der Waals surface area contributed by atoms with Crippen LogP contribution < -0.4 is 0 Å². The highest BCUT2D eigenvalue weighted by Gasteiger charge is 2.69. The molecule has 2 aromatic carbocycles. The summed E-state index contributed by atoms with van der Waals surface area (Å²) in [6.07, 6.45) is 0. The van der Waals surface area contributed by atoms with E-state index < -0.39 is 56.0 Å². The van der Waals surface area contributed by atoms with Gasteiger partial charge in [-0.2, -0.15) is 0 Å². The maximum Gasteiger partial charge on any atom is 0.324 e. The summed E-state index contributed by atoms with van der Waals surface area (Å²) in [5.41, 5.74) is -0.689. The van der Waals surface area contributed by atoms with Crippen molar-refractivity contribution in [3.05, 3.63) is 70.2 Å². The van der Waals surface area contributed by atoms with E-state index in [2.05, 4.69) is 0 Å². The molecule has 0 aromatic heterocycles. The van der Waals surface area contributed by atoms with Crippen LogP contribution in [0, 0.1) is 12.3 Å². The van der Waals surface area contributed by atoms with Gasteiger partial charge in [0.25, 0.3) is 0 Å². The molecule has 0 saturated carbocycles. The Kier molecular flexibility index (Phi) is 7.38. The molecule has 1 aliphatic rings. The molecule has 0 bridgehead atoms. The molecule has 34 heavy (non-hydrogen) atoms. The summed E-state index contributed by atoms with van der Waals surface area (Å²) in [5.74, 6) is -6.53. The smallest absolute Gasteiger partial charge is 0.324 e. The molecule has 1 fully saturated rings. The molecule has 2 aromatic rings. The molecule has 8 nitrogen and oxygen atoms in total. The predicted octanol–water partition coefficient (Wildman–Crippen LogP) is 2.82. The van der Waals surface area contributed by atoms with E-state index in [0.717, 1.165) is 26.9 Å². The number of halogens is 1. The van der Waals surface area contributed by atoms with Crippen LogP contribution in [0.2, 0.25) is 5.02 Å². The van der Waals surface area contributed by atoms with Gasteiger partial charge in [0.2, 0.25) is 0 Å². The number of sulfone groups is 1. The van der Waals surface area contributed by atoms with E-state index >= 15 is 0 Å². The van der Waals surface area contributed by atoms with Crippen molar-refractivity contribution in [3.8, 4) is 0 Å². The Balaban J connectivity index is 2.48. The topological polar surface area (TPSA) is 113 Å². The Bertz CT molecular complexity index is 1170. The van der Waals surface area contributed by atoms with Crippen LogP contribution in [0.25, 0.3) is 0 Å². The number of hydrogen-bond acceptors (Lipinski definition) is 8. The summed E-state index contributed by atoms with van der Waals surface area (Å²) in [6, 6.07) is 12.7. The molecule has 0 aliphatic carbocycles. The van der Waals surface area contributed by atoms with Crippen molar-refractivity contribution in [3.63, 3.8) is 0 Å². The number of carbonyl (C=O) groups excluding carboxylic acids is 3. The van der Waals surface area contributed by atoms with Gasteiger partial charge in [0.1, 0.15) is 0 Å². The second kappa shape index (κ2) is 9.76. The maximum atomic E-state index is 13.6. The zero-order chi connectivity index (χ0) is 25.3. The van der Waals surface area contributed by atoms with Gasteiger partial charge in [-0.3, -0.25) is 14.4 Å². The quantitative estimate of drug-likeness (QED) is 0.344. The summed E-state index contributed by atoms with van der Waals surface area (Å²) in [5, 5.41) is -1.52. The fourth-order valence-corrected chi connectivity index (χ4v) is 7.18. The van der Waals surface area contributed by atoms with Crippen LogP contribution in [0.5, 0.6) is 0 Å². The van der Waals surface area contributed by atoms with Gasteiger partial charge in [0.15, 0.2) is 20.5 Å². The van der Waals surface area contributed by atoms with Crippen LogP contribution >= 0.6 is 11.6 Å². The first-order valence-electron chi connectivity index (χ1n) is 10.3. The van der Waals surface area contributed by atoms with E-state index in [-0.39, 0.29) is 5.56 Å². The van der Waals surface area contributed by atoms with E-state index in [1.54, 1.807) is 24.3 Å². The highest BCUT2D eigenvalue weighted by Crippen LogP contribution is 2.56.